The highest BCUT2D eigenvalue weighted by Gasteiger charge is 2.21. The summed E-state index contributed by atoms with van der Waals surface area (Å²) in [7, 11) is 1.87. The van der Waals surface area contributed by atoms with E-state index < -0.39 is 5.91 Å². The van der Waals surface area contributed by atoms with Crippen molar-refractivity contribution in [1.29, 1.82) is 0 Å². The highest BCUT2D eigenvalue weighted by molar-refractivity contribution is 6.30. The Morgan fingerprint density at radius 2 is 2.17 bits per heavy atom. The smallest absolute Gasteiger partial charge is 0.268 e. The van der Waals surface area contributed by atoms with E-state index in [-0.39, 0.29) is 0 Å². The van der Waals surface area contributed by atoms with Gasteiger partial charge < -0.3 is 10.3 Å². The number of hydrogen-bond donors (Lipinski definition) is 1. The lowest BCUT2D eigenvalue weighted by atomic mass is 10.2. The summed E-state index contributed by atoms with van der Waals surface area (Å²) in [5.41, 5.74) is 7.80. The van der Waals surface area contributed by atoms with E-state index in [2.05, 4.69) is 21.9 Å². The summed E-state index contributed by atoms with van der Waals surface area (Å²) in [5.74, 6) is 0.437. The minimum absolute atomic E-state index is 0.344. The van der Waals surface area contributed by atoms with Crippen molar-refractivity contribution in [2.75, 3.05) is 13.1 Å². The standard InChI is InChI=1S/C15H21ClN6O/c1-3-11-10(14(16)20(2)19-11)8-21-5-4-13-18-12(15(17)23)9-22(13)7-6-21/h9H,3-8H2,1-2H3,(H2,17,23). The van der Waals surface area contributed by atoms with Gasteiger partial charge in [-0.25, -0.2) is 4.98 Å². The van der Waals surface area contributed by atoms with E-state index in [4.69, 9.17) is 17.3 Å². The van der Waals surface area contributed by atoms with Gasteiger partial charge in [0.05, 0.1) is 5.69 Å². The van der Waals surface area contributed by atoms with Crippen LogP contribution in [0.2, 0.25) is 5.15 Å². The fourth-order valence-corrected chi connectivity index (χ4v) is 3.21. The summed E-state index contributed by atoms with van der Waals surface area (Å²) in [6.07, 6.45) is 3.40. The average Bonchev–Trinajstić information content (AvgIpc) is 2.99. The molecular weight excluding hydrogens is 316 g/mol. The lowest BCUT2D eigenvalue weighted by Gasteiger charge is -2.19. The minimum Gasteiger partial charge on any atom is -0.364 e. The van der Waals surface area contributed by atoms with Gasteiger partial charge in [0.2, 0.25) is 0 Å². The molecule has 0 radical (unpaired) electrons. The van der Waals surface area contributed by atoms with Crippen LogP contribution in [0.15, 0.2) is 6.20 Å². The number of carbonyl (C=O) groups excluding carboxylic acids is 1. The van der Waals surface area contributed by atoms with Crippen molar-refractivity contribution in [2.24, 2.45) is 12.8 Å². The van der Waals surface area contributed by atoms with Crippen LogP contribution in [0.25, 0.3) is 0 Å². The molecule has 0 saturated heterocycles. The molecule has 2 aromatic rings. The van der Waals surface area contributed by atoms with Crippen molar-refractivity contribution in [2.45, 2.75) is 32.9 Å². The first-order chi connectivity index (χ1) is 11.0. The zero-order chi connectivity index (χ0) is 16.6. The molecular formula is C15H21ClN6O. The van der Waals surface area contributed by atoms with Gasteiger partial charge in [0.15, 0.2) is 0 Å². The SMILES string of the molecule is CCc1nn(C)c(Cl)c1CN1CCc2nc(C(N)=O)cn2CC1. The third-order valence-electron chi connectivity index (χ3n) is 4.29. The topological polar surface area (TPSA) is 82.0 Å². The Morgan fingerprint density at radius 1 is 1.39 bits per heavy atom. The third kappa shape index (κ3) is 3.11. The summed E-state index contributed by atoms with van der Waals surface area (Å²) in [6, 6.07) is 0. The van der Waals surface area contributed by atoms with Gasteiger partial charge in [-0.1, -0.05) is 18.5 Å². The van der Waals surface area contributed by atoms with Gasteiger partial charge in [0, 0.05) is 51.4 Å². The molecule has 1 aliphatic rings. The second-order valence-electron chi connectivity index (χ2n) is 5.82. The van der Waals surface area contributed by atoms with Gasteiger partial charge in [-0.05, 0) is 6.42 Å². The predicted octanol–water partition coefficient (Wildman–Crippen LogP) is 0.990. The first-order valence-corrected chi connectivity index (χ1v) is 8.15. The molecule has 23 heavy (non-hydrogen) atoms. The van der Waals surface area contributed by atoms with Crippen LogP contribution in [0, 0.1) is 0 Å². The number of imidazole rings is 1. The number of fused-ring (bicyclic) bond motifs is 1. The maximum Gasteiger partial charge on any atom is 0.268 e. The Labute approximate surface area is 140 Å². The van der Waals surface area contributed by atoms with Crippen LogP contribution < -0.4 is 5.73 Å². The van der Waals surface area contributed by atoms with E-state index in [9.17, 15) is 4.79 Å². The quantitative estimate of drug-likeness (QED) is 0.902. The van der Waals surface area contributed by atoms with Gasteiger partial charge in [-0.15, -0.1) is 0 Å². The molecule has 1 aliphatic heterocycles. The molecule has 0 saturated carbocycles. The molecule has 0 unspecified atom stereocenters. The third-order valence-corrected chi connectivity index (χ3v) is 4.76. The van der Waals surface area contributed by atoms with Crippen LogP contribution in [0.4, 0.5) is 0 Å². The largest absolute Gasteiger partial charge is 0.364 e. The number of hydrogen-bond acceptors (Lipinski definition) is 4. The van der Waals surface area contributed by atoms with Crippen molar-refractivity contribution in [3.8, 4) is 0 Å². The summed E-state index contributed by atoms with van der Waals surface area (Å²) >= 11 is 6.38. The van der Waals surface area contributed by atoms with Gasteiger partial charge in [-0.3, -0.25) is 14.4 Å². The van der Waals surface area contributed by atoms with Gasteiger partial charge in [0.1, 0.15) is 16.7 Å². The molecule has 0 fully saturated rings. The molecule has 3 heterocycles. The molecule has 1 amide bonds. The van der Waals surface area contributed by atoms with Crippen LogP contribution in [0.3, 0.4) is 0 Å². The van der Waals surface area contributed by atoms with Crippen molar-refractivity contribution in [3.05, 3.63) is 34.1 Å². The van der Waals surface area contributed by atoms with Crippen LogP contribution in [0.5, 0.6) is 0 Å². The summed E-state index contributed by atoms with van der Waals surface area (Å²) in [4.78, 5) is 17.9. The van der Waals surface area contributed by atoms with E-state index in [0.717, 1.165) is 56.1 Å². The maximum absolute atomic E-state index is 11.2. The predicted molar refractivity (Wildman–Crippen MR) is 87.3 cm³/mol. The monoisotopic (exact) mass is 336 g/mol. The molecule has 0 bridgehead atoms. The van der Waals surface area contributed by atoms with E-state index in [1.54, 1.807) is 10.9 Å². The van der Waals surface area contributed by atoms with Crippen LogP contribution in [-0.4, -0.2) is 43.2 Å². The zero-order valence-electron chi connectivity index (χ0n) is 13.4. The number of rotatable bonds is 4. The van der Waals surface area contributed by atoms with Crippen LogP contribution in [0.1, 0.15) is 34.5 Å². The Bertz CT molecular complexity index is 709. The van der Waals surface area contributed by atoms with Crippen molar-refractivity contribution in [1.82, 2.24) is 24.2 Å². The van der Waals surface area contributed by atoms with Gasteiger partial charge in [0.25, 0.3) is 5.91 Å². The number of nitrogens with zero attached hydrogens (tertiary/aromatic N) is 5. The molecule has 2 N–H and O–H groups in total. The normalized spacial score (nSPS) is 15.4. The molecule has 0 atom stereocenters. The van der Waals surface area contributed by atoms with Crippen molar-refractivity contribution >= 4 is 17.5 Å². The summed E-state index contributed by atoms with van der Waals surface area (Å²) < 4.78 is 3.75. The zero-order valence-corrected chi connectivity index (χ0v) is 14.2. The molecule has 7 nitrogen and oxygen atoms in total. The summed E-state index contributed by atoms with van der Waals surface area (Å²) in [5, 5.41) is 5.18. The fourth-order valence-electron chi connectivity index (χ4n) is 3.01. The van der Waals surface area contributed by atoms with Crippen molar-refractivity contribution in [3.63, 3.8) is 0 Å². The van der Waals surface area contributed by atoms with E-state index in [0.29, 0.717) is 10.8 Å². The van der Waals surface area contributed by atoms with Crippen molar-refractivity contribution < 1.29 is 4.79 Å². The minimum atomic E-state index is -0.475. The van der Waals surface area contributed by atoms with Gasteiger partial charge >= 0.3 is 0 Å². The lowest BCUT2D eigenvalue weighted by molar-refractivity contribution is 0.0995. The molecule has 0 aromatic carbocycles. The molecule has 2 aromatic heterocycles. The highest BCUT2D eigenvalue weighted by Crippen LogP contribution is 2.22. The Morgan fingerprint density at radius 3 is 2.87 bits per heavy atom. The molecule has 8 heteroatoms. The fraction of sp³-hybridized carbons (Fsp3) is 0.533. The first-order valence-electron chi connectivity index (χ1n) is 7.78. The number of nitrogens with two attached hydrogens (primary N) is 1. The van der Waals surface area contributed by atoms with Crippen LogP contribution in [-0.2, 0) is 33.0 Å². The van der Waals surface area contributed by atoms with E-state index in [1.165, 1.54) is 0 Å². The number of amides is 1. The number of carbonyl (C=O) groups is 1. The molecule has 124 valence electrons. The lowest BCUT2D eigenvalue weighted by Crippen LogP contribution is -2.27. The molecule has 3 rings (SSSR count). The molecule has 0 spiro atoms. The van der Waals surface area contributed by atoms with Gasteiger partial charge in [-0.2, -0.15) is 5.10 Å². The Kier molecular flexibility index (Phi) is 4.41. The van der Waals surface area contributed by atoms with Crippen LogP contribution >= 0.6 is 11.6 Å². The summed E-state index contributed by atoms with van der Waals surface area (Å²) in [6.45, 7) is 5.39. The van der Waals surface area contributed by atoms with E-state index in [1.807, 2.05) is 11.6 Å². The number of halogens is 1. The maximum atomic E-state index is 11.2. The second-order valence-corrected chi connectivity index (χ2v) is 6.18. The highest BCUT2D eigenvalue weighted by atomic mass is 35.5. The first kappa shape index (κ1) is 16.0. The number of aryl methyl sites for hydroxylation is 2. The molecule has 0 aliphatic carbocycles. The second kappa shape index (κ2) is 6.33. The number of aromatic nitrogens is 4. The average molecular weight is 337 g/mol. The number of primary amides is 1. The Balaban J connectivity index is 1.73. The Hall–Kier alpha value is -1.86. The van der Waals surface area contributed by atoms with E-state index >= 15 is 0 Å².